The van der Waals surface area contributed by atoms with Crippen LogP contribution in [-0.4, -0.2) is 62.4 Å². The molecule has 0 aromatic rings. The molecule has 0 aliphatic rings. The summed E-state index contributed by atoms with van der Waals surface area (Å²) in [5.74, 6) is 0.740. The molecule has 18 heavy (non-hydrogen) atoms. The fraction of sp³-hybridized carbons (Fsp3) is 0.692. The van der Waals surface area contributed by atoms with Gasteiger partial charge < -0.3 is 15.1 Å². The summed E-state index contributed by atoms with van der Waals surface area (Å²) >= 11 is 0. The number of guanidine groups is 1. The normalized spacial score (nSPS) is 11.1. The van der Waals surface area contributed by atoms with E-state index >= 15 is 0 Å². The molecule has 5 nitrogen and oxygen atoms in total. The van der Waals surface area contributed by atoms with Crippen molar-refractivity contribution < 1.29 is 4.79 Å². The molecular formula is C13H26N4O. The SMILES string of the molecule is C=C(C)CN(C)C(=NCC(=O)N(C)C)NCCC. The van der Waals surface area contributed by atoms with E-state index in [1.165, 1.54) is 0 Å². The fourth-order valence-corrected chi connectivity index (χ4v) is 1.31. The van der Waals surface area contributed by atoms with Crippen molar-refractivity contribution in [1.29, 1.82) is 0 Å². The second kappa shape index (κ2) is 8.55. The third kappa shape index (κ3) is 6.93. The number of likely N-dealkylation sites (N-methyl/N-ethyl adjacent to an activating group) is 2. The molecule has 0 atom stereocenters. The third-order valence-electron chi connectivity index (χ3n) is 2.26. The topological polar surface area (TPSA) is 47.9 Å². The van der Waals surface area contributed by atoms with E-state index in [1.54, 1.807) is 19.0 Å². The van der Waals surface area contributed by atoms with Crippen LogP contribution >= 0.6 is 0 Å². The first-order valence-corrected chi connectivity index (χ1v) is 6.22. The summed E-state index contributed by atoms with van der Waals surface area (Å²) in [4.78, 5) is 19.4. The maximum atomic E-state index is 11.5. The Morgan fingerprint density at radius 3 is 2.39 bits per heavy atom. The summed E-state index contributed by atoms with van der Waals surface area (Å²) in [6, 6.07) is 0. The predicted molar refractivity (Wildman–Crippen MR) is 76.7 cm³/mol. The highest BCUT2D eigenvalue weighted by Gasteiger charge is 2.08. The van der Waals surface area contributed by atoms with Crippen LogP contribution in [0.15, 0.2) is 17.1 Å². The third-order valence-corrected chi connectivity index (χ3v) is 2.26. The zero-order valence-electron chi connectivity index (χ0n) is 12.3. The first kappa shape index (κ1) is 16.5. The highest BCUT2D eigenvalue weighted by molar-refractivity contribution is 5.84. The number of hydrogen-bond donors (Lipinski definition) is 1. The van der Waals surface area contributed by atoms with Gasteiger partial charge in [0, 0.05) is 34.2 Å². The zero-order valence-corrected chi connectivity index (χ0v) is 12.3. The summed E-state index contributed by atoms with van der Waals surface area (Å²) in [6.07, 6.45) is 1.02. The van der Waals surface area contributed by atoms with Gasteiger partial charge in [-0.1, -0.05) is 19.1 Å². The van der Waals surface area contributed by atoms with Crippen LogP contribution in [0, 0.1) is 0 Å². The first-order valence-electron chi connectivity index (χ1n) is 6.22. The smallest absolute Gasteiger partial charge is 0.243 e. The minimum Gasteiger partial charge on any atom is -0.356 e. The Hall–Kier alpha value is -1.52. The summed E-state index contributed by atoms with van der Waals surface area (Å²) in [5.41, 5.74) is 1.06. The maximum absolute atomic E-state index is 11.5. The number of aliphatic imine (C=N–C) groups is 1. The van der Waals surface area contributed by atoms with Crippen molar-refractivity contribution in [2.45, 2.75) is 20.3 Å². The molecule has 0 aliphatic carbocycles. The molecule has 0 radical (unpaired) electrons. The number of carbonyl (C=O) groups is 1. The lowest BCUT2D eigenvalue weighted by Crippen LogP contribution is -2.41. The molecule has 0 rings (SSSR count). The van der Waals surface area contributed by atoms with Crippen molar-refractivity contribution in [3.8, 4) is 0 Å². The highest BCUT2D eigenvalue weighted by atomic mass is 16.2. The van der Waals surface area contributed by atoms with Crippen LogP contribution in [0.5, 0.6) is 0 Å². The van der Waals surface area contributed by atoms with Crippen LogP contribution in [0.4, 0.5) is 0 Å². The molecule has 104 valence electrons. The van der Waals surface area contributed by atoms with Crippen molar-refractivity contribution in [3.05, 3.63) is 12.2 Å². The van der Waals surface area contributed by atoms with Crippen molar-refractivity contribution in [2.24, 2.45) is 4.99 Å². The van der Waals surface area contributed by atoms with E-state index < -0.39 is 0 Å². The number of hydrogen-bond acceptors (Lipinski definition) is 2. The molecular weight excluding hydrogens is 228 g/mol. The lowest BCUT2D eigenvalue weighted by Gasteiger charge is -2.22. The Balaban J connectivity index is 4.59. The molecule has 0 spiro atoms. The van der Waals surface area contributed by atoms with Crippen molar-refractivity contribution in [2.75, 3.05) is 40.8 Å². The van der Waals surface area contributed by atoms with Crippen molar-refractivity contribution in [3.63, 3.8) is 0 Å². The quantitative estimate of drug-likeness (QED) is 0.436. The van der Waals surface area contributed by atoms with E-state index in [4.69, 9.17) is 0 Å². The molecule has 0 fully saturated rings. The van der Waals surface area contributed by atoms with Crippen LogP contribution in [0.2, 0.25) is 0 Å². The maximum Gasteiger partial charge on any atom is 0.243 e. The molecule has 1 amide bonds. The molecule has 0 bridgehead atoms. The first-order chi connectivity index (χ1) is 8.38. The number of nitrogens with zero attached hydrogens (tertiary/aromatic N) is 3. The lowest BCUT2D eigenvalue weighted by atomic mass is 10.3. The Morgan fingerprint density at radius 1 is 1.33 bits per heavy atom. The van der Waals surface area contributed by atoms with Gasteiger partial charge in [0.1, 0.15) is 6.54 Å². The Bertz CT molecular complexity index is 310. The largest absolute Gasteiger partial charge is 0.356 e. The summed E-state index contributed by atoms with van der Waals surface area (Å²) < 4.78 is 0. The second-order valence-corrected chi connectivity index (χ2v) is 4.67. The van der Waals surface area contributed by atoms with Crippen LogP contribution in [0.1, 0.15) is 20.3 Å². The van der Waals surface area contributed by atoms with E-state index in [9.17, 15) is 4.79 Å². The Morgan fingerprint density at radius 2 is 1.94 bits per heavy atom. The predicted octanol–water partition coefficient (Wildman–Crippen LogP) is 0.938. The van der Waals surface area contributed by atoms with Gasteiger partial charge in [0.25, 0.3) is 0 Å². The molecule has 0 aromatic heterocycles. The molecule has 1 N–H and O–H groups in total. The number of nitrogens with one attached hydrogen (secondary N) is 1. The summed E-state index contributed by atoms with van der Waals surface area (Å²) in [5, 5.41) is 3.23. The standard InChI is InChI=1S/C13H26N4O/c1-7-8-14-13(17(6)10-11(2)3)15-9-12(18)16(4)5/h2,7-10H2,1,3-6H3,(H,14,15). The average molecular weight is 254 g/mol. The van der Waals surface area contributed by atoms with Crippen LogP contribution in [-0.2, 0) is 4.79 Å². The molecule has 0 aromatic carbocycles. The van der Waals surface area contributed by atoms with Crippen molar-refractivity contribution in [1.82, 2.24) is 15.1 Å². The molecule has 0 saturated heterocycles. The van der Waals surface area contributed by atoms with Gasteiger partial charge in [-0.3, -0.25) is 4.79 Å². The molecule has 0 aliphatic heterocycles. The Labute approximate surface area is 111 Å². The van der Waals surface area contributed by atoms with Gasteiger partial charge in [-0.15, -0.1) is 0 Å². The van der Waals surface area contributed by atoms with Gasteiger partial charge in [0.05, 0.1) is 0 Å². The minimum atomic E-state index is -0.00507. The summed E-state index contributed by atoms with van der Waals surface area (Å²) in [6.45, 7) is 9.68. The fourth-order valence-electron chi connectivity index (χ4n) is 1.31. The van der Waals surface area contributed by atoms with Gasteiger partial charge in [0.15, 0.2) is 5.96 Å². The zero-order chi connectivity index (χ0) is 14.1. The van der Waals surface area contributed by atoms with E-state index in [-0.39, 0.29) is 12.5 Å². The van der Waals surface area contributed by atoms with Gasteiger partial charge in [-0.2, -0.15) is 0 Å². The van der Waals surface area contributed by atoms with Crippen LogP contribution in [0.3, 0.4) is 0 Å². The minimum absolute atomic E-state index is 0.00507. The lowest BCUT2D eigenvalue weighted by molar-refractivity contribution is -0.127. The van der Waals surface area contributed by atoms with Crippen molar-refractivity contribution >= 4 is 11.9 Å². The van der Waals surface area contributed by atoms with E-state index in [0.29, 0.717) is 0 Å². The van der Waals surface area contributed by atoms with E-state index in [2.05, 4.69) is 23.8 Å². The highest BCUT2D eigenvalue weighted by Crippen LogP contribution is 1.94. The molecule has 0 heterocycles. The van der Waals surface area contributed by atoms with Gasteiger partial charge in [-0.25, -0.2) is 4.99 Å². The monoisotopic (exact) mass is 254 g/mol. The van der Waals surface area contributed by atoms with Crippen LogP contribution in [0.25, 0.3) is 0 Å². The molecule has 0 saturated carbocycles. The van der Waals surface area contributed by atoms with E-state index in [1.807, 2.05) is 18.9 Å². The average Bonchev–Trinajstić information content (AvgIpc) is 2.27. The van der Waals surface area contributed by atoms with Gasteiger partial charge in [-0.05, 0) is 13.3 Å². The van der Waals surface area contributed by atoms with E-state index in [0.717, 1.165) is 31.0 Å². The number of amides is 1. The molecule has 0 unspecified atom stereocenters. The second-order valence-electron chi connectivity index (χ2n) is 4.67. The number of rotatable bonds is 6. The summed E-state index contributed by atoms with van der Waals surface area (Å²) in [7, 11) is 5.40. The molecule has 5 heteroatoms. The van der Waals surface area contributed by atoms with Gasteiger partial charge in [0.2, 0.25) is 5.91 Å². The van der Waals surface area contributed by atoms with Crippen LogP contribution < -0.4 is 5.32 Å². The van der Waals surface area contributed by atoms with Gasteiger partial charge >= 0.3 is 0 Å². The number of carbonyl (C=O) groups excluding carboxylic acids is 1. The Kier molecular flexibility index (Phi) is 7.83.